The lowest BCUT2D eigenvalue weighted by Crippen LogP contribution is -2.25. The first kappa shape index (κ1) is 19.7. The molecule has 0 saturated heterocycles. The molecule has 0 unspecified atom stereocenters. The first-order valence-corrected chi connectivity index (χ1v) is 8.06. The molecular weight excluding hydrogens is 350 g/mol. The second kappa shape index (κ2) is 9.18. The van der Waals surface area contributed by atoms with Gasteiger partial charge < -0.3 is 15.0 Å². The van der Waals surface area contributed by atoms with Crippen molar-refractivity contribution < 1.29 is 14.5 Å². The Kier molecular flexibility index (Phi) is 6.70. The van der Waals surface area contributed by atoms with E-state index in [1.54, 1.807) is 62.5 Å². The van der Waals surface area contributed by atoms with Crippen molar-refractivity contribution in [1.82, 2.24) is 5.43 Å². The van der Waals surface area contributed by atoms with Crippen LogP contribution in [-0.4, -0.2) is 44.8 Å². The van der Waals surface area contributed by atoms with Crippen molar-refractivity contribution in [1.29, 1.82) is 0 Å². The number of rotatable bonds is 8. The van der Waals surface area contributed by atoms with Crippen LogP contribution < -0.4 is 20.4 Å². The van der Waals surface area contributed by atoms with Gasteiger partial charge in [0.2, 0.25) is 0 Å². The average molecular weight is 371 g/mol. The molecule has 0 atom stereocenters. The Labute approximate surface area is 156 Å². The molecule has 0 aliphatic rings. The molecule has 0 aliphatic heterocycles. The van der Waals surface area contributed by atoms with Crippen molar-refractivity contribution >= 4 is 29.2 Å². The SMILES string of the molecule is COc1ccc(NCC(=O)N/N=C\c2ccc(N(C)C)c([N+](=O)[O-])c2)cc1. The summed E-state index contributed by atoms with van der Waals surface area (Å²) in [4.78, 5) is 24.2. The van der Waals surface area contributed by atoms with E-state index in [-0.39, 0.29) is 18.1 Å². The van der Waals surface area contributed by atoms with Crippen molar-refractivity contribution in [2.75, 3.05) is 38.0 Å². The Morgan fingerprint density at radius 2 is 1.96 bits per heavy atom. The number of benzene rings is 2. The van der Waals surface area contributed by atoms with Crippen LogP contribution in [0.1, 0.15) is 5.56 Å². The smallest absolute Gasteiger partial charge is 0.293 e. The number of hydrogen-bond acceptors (Lipinski definition) is 7. The fraction of sp³-hybridized carbons (Fsp3) is 0.222. The molecule has 9 heteroatoms. The molecule has 2 aromatic carbocycles. The Morgan fingerprint density at radius 3 is 2.56 bits per heavy atom. The molecule has 142 valence electrons. The van der Waals surface area contributed by atoms with Gasteiger partial charge in [0.15, 0.2) is 0 Å². The highest BCUT2D eigenvalue weighted by Gasteiger charge is 2.15. The molecule has 1 amide bonds. The summed E-state index contributed by atoms with van der Waals surface area (Å²) in [5.74, 6) is 0.380. The monoisotopic (exact) mass is 371 g/mol. The van der Waals surface area contributed by atoms with Crippen LogP contribution in [0.15, 0.2) is 47.6 Å². The zero-order valence-electron chi connectivity index (χ0n) is 15.3. The maximum Gasteiger partial charge on any atom is 0.293 e. The molecule has 0 fully saturated rings. The van der Waals surface area contributed by atoms with Crippen LogP contribution in [0.4, 0.5) is 17.1 Å². The van der Waals surface area contributed by atoms with Crippen LogP contribution in [0.25, 0.3) is 0 Å². The van der Waals surface area contributed by atoms with E-state index in [0.717, 1.165) is 11.4 Å². The third-order valence-corrected chi connectivity index (χ3v) is 3.62. The maximum atomic E-state index is 11.8. The van der Waals surface area contributed by atoms with Crippen molar-refractivity contribution in [3.63, 3.8) is 0 Å². The molecule has 2 aromatic rings. The predicted molar refractivity (Wildman–Crippen MR) is 105 cm³/mol. The summed E-state index contributed by atoms with van der Waals surface area (Å²) in [5.41, 5.74) is 4.11. The largest absolute Gasteiger partial charge is 0.497 e. The average Bonchev–Trinajstić information content (AvgIpc) is 2.66. The van der Waals surface area contributed by atoms with Gasteiger partial charge >= 0.3 is 0 Å². The summed E-state index contributed by atoms with van der Waals surface area (Å²) in [5, 5.41) is 18.0. The van der Waals surface area contributed by atoms with E-state index in [1.807, 2.05) is 0 Å². The van der Waals surface area contributed by atoms with Gasteiger partial charge in [-0.2, -0.15) is 5.10 Å². The number of anilines is 2. The minimum atomic E-state index is -0.454. The Morgan fingerprint density at radius 1 is 1.26 bits per heavy atom. The number of carbonyl (C=O) groups is 1. The molecule has 0 saturated carbocycles. The quantitative estimate of drug-likeness (QED) is 0.418. The second-order valence-corrected chi connectivity index (χ2v) is 5.77. The molecule has 0 bridgehead atoms. The van der Waals surface area contributed by atoms with Gasteiger partial charge in [-0.15, -0.1) is 0 Å². The summed E-state index contributed by atoms with van der Waals surface area (Å²) in [6.45, 7) is 0.0311. The molecule has 0 spiro atoms. The van der Waals surface area contributed by atoms with Gasteiger partial charge in [-0.05, 0) is 30.3 Å². The molecule has 27 heavy (non-hydrogen) atoms. The van der Waals surface area contributed by atoms with E-state index in [9.17, 15) is 14.9 Å². The number of carbonyl (C=O) groups excluding carboxylic acids is 1. The highest BCUT2D eigenvalue weighted by Crippen LogP contribution is 2.27. The summed E-state index contributed by atoms with van der Waals surface area (Å²) < 4.78 is 5.06. The van der Waals surface area contributed by atoms with Gasteiger partial charge in [0.25, 0.3) is 11.6 Å². The number of nitro groups is 1. The molecule has 0 aromatic heterocycles. The first-order chi connectivity index (χ1) is 12.9. The number of ether oxygens (including phenoxy) is 1. The summed E-state index contributed by atoms with van der Waals surface area (Å²) in [6.07, 6.45) is 1.36. The minimum Gasteiger partial charge on any atom is -0.497 e. The fourth-order valence-electron chi connectivity index (χ4n) is 2.25. The number of nitrogens with zero attached hydrogens (tertiary/aromatic N) is 3. The molecule has 0 aliphatic carbocycles. The first-order valence-electron chi connectivity index (χ1n) is 8.06. The van der Waals surface area contributed by atoms with Crippen molar-refractivity contribution in [2.45, 2.75) is 0 Å². The van der Waals surface area contributed by atoms with Crippen LogP contribution in [0.2, 0.25) is 0 Å². The Balaban J connectivity index is 1.91. The zero-order chi connectivity index (χ0) is 19.8. The molecule has 0 heterocycles. The molecule has 0 radical (unpaired) electrons. The van der Waals surface area contributed by atoms with Crippen molar-refractivity contribution in [3.8, 4) is 5.75 Å². The highest BCUT2D eigenvalue weighted by molar-refractivity contribution is 5.86. The maximum absolute atomic E-state index is 11.8. The van der Waals surface area contributed by atoms with E-state index in [0.29, 0.717) is 11.3 Å². The predicted octanol–water partition coefficient (Wildman–Crippen LogP) is 2.23. The minimum absolute atomic E-state index is 0.0311. The molecule has 2 rings (SSSR count). The topological polar surface area (TPSA) is 109 Å². The molecule has 9 nitrogen and oxygen atoms in total. The number of methoxy groups -OCH3 is 1. The van der Waals surface area contributed by atoms with Gasteiger partial charge in [-0.25, -0.2) is 5.43 Å². The van der Waals surface area contributed by atoms with Gasteiger partial charge in [0.05, 0.1) is 24.8 Å². The molecular formula is C18H21N5O4. The van der Waals surface area contributed by atoms with E-state index >= 15 is 0 Å². The number of hydrazone groups is 1. The Bertz CT molecular complexity index is 834. The number of nitrogens with one attached hydrogen (secondary N) is 2. The zero-order valence-corrected chi connectivity index (χ0v) is 15.3. The fourth-order valence-corrected chi connectivity index (χ4v) is 2.25. The van der Waals surface area contributed by atoms with E-state index in [2.05, 4.69) is 15.8 Å². The highest BCUT2D eigenvalue weighted by atomic mass is 16.6. The lowest BCUT2D eigenvalue weighted by molar-refractivity contribution is -0.384. The van der Waals surface area contributed by atoms with Crippen LogP contribution in [0, 0.1) is 10.1 Å². The Hall–Kier alpha value is -3.62. The molecule has 2 N–H and O–H groups in total. The number of nitro benzene ring substituents is 1. The third kappa shape index (κ3) is 5.70. The van der Waals surface area contributed by atoms with Gasteiger partial charge in [0, 0.05) is 31.4 Å². The van der Waals surface area contributed by atoms with Gasteiger partial charge in [-0.3, -0.25) is 14.9 Å². The van der Waals surface area contributed by atoms with Crippen molar-refractivity contribution in [3.05, 3.63) is 58.1 Å². The van der Waals surface area contributed by atoms with Crippen LogP contribution in [0.3, 0.4) is 0 Å². The lowest BCUT2D eigenvalue weighted by atomic mass is 10.2. The summed E-state index contributed by atoms with van der Waals surface area (Å²) >= 11 is 0. The van der Waals surface area contributed by atoms with Gasteiger partial charge in [-0.1, -0.05) is 6.07 Å². The number of amides is 1. The van der Waals surface area contributed by atoms with Crippen molar-refractivity contribution in [2.24, 2.45) is 5.10 Å². The normalized spacial score (nSPS) is 10.5. The van der Waals surface area contributed by atoms with Crippen LogP contribution >= 0.6 is 0 Å². The van der Waals surface area contributed by atoms with Gasteiger partial charge in [0.1, 0.15) is 11.4 Å². The van der Waals surface area contributed by atoms with E-state index in [4.69, 9.17) is 4.74 Å². The lowest BCUT2D eigenvalue weighted by Gasteiger charge is -2.12. The van der Waals surface area contributed by atoms with Crippen LogP contribution in [-0.2, 0) is 4.79 Å². The number of hydrogen-bond donors (Lipinski definition) is 2. The second-order valence-electron chi connectivity index (χ2n) is 5.77. The summed E-state index contributed by atoms with van der Waals surface area (Å²) in [7, 11) is 5.04. The summed E-state index contributed by atoms with van der Waals surface area (Å²) in [6, 6.07) is 11.9. The standard InChI is InChI=1S/C18H21N5O4/c1-22(2)16-9-4-13(10-17(16)23(25)26)11-20-21-18(24)12-19-14-5-7-15(27-3)8-6-14/h4-11,19H,12H2,1-3H3,(H,21,24)/b20-11-. The van der Waals surface area contributed by atoms with E-state index in [1.165, 1.54) is 12.3 Å². The van der Waals surface area contributed by atoms with Crippen LogP contribution in [0.5, 0.6) is 5.75 Å². The third-order valence-electron chi connectivity index (χ3n) is 3.62. The van der Waals surface area contributed by atoms with E-state index < -0.39 is 4.92 Å².